The first-order valence-corrected chi connectivity index (χ1v) is 5.32. The molecule has 0 aliphatic heterocycles. The third-order valence-electron chi connectivity index (χ3n) is 2.41. The molecule has 0 bridgehead atoms. The Morgan fingerprint density at radius 1 is 1.29 bits per heavy atom. The molecule has 0 atom stereocenters. The number of hydrogen-bond donors (Lipinski definition) is 2. The van der Waals surface area contributed by atoms with Gasteiger partial charge in [-0.2, -0.15) is 0 Å². The van der Waals surface area contributed by atoms with Crippen LogP contribution in [0.1, 0.15) is 5.56 Å². The minimum Gasteiger partial charge on any atom is -0.395 e. The predicted octanol–water partition coefficient (Wildman–Crippen LogP) is 0.694. The number of rotatable bonds is 6. The lowest BCUT2D eigenvalue weighted by atomic mass is 10.1. The third-order valence-corrected chi connectivity index (χ3v) is 2.41. The second-order valence-electron chi connectivity index (χ2n) is 3.68. The van der Waals surface area contributed by atoms with Crippen LogP contribution < -0.4 is 4.90 Å². The zero-order valence-electron chi connectivity index (χ0n) is 9.67. The van der Waals surface area contributed by atoms with Crippen molar-refractivity contribution >= 4 is 11.4 Å². The van der Waals surface area contributed by atoms with Crippen LogP contribution in [0.15, 0.2) is 18.2 Å². The molecule has 1 aromatic carbocycles. The summed E-state index contributed by atoms with van der Waals surface area (Å²) in [6, 6.07) is 4.79. The van der Waals surface area contributed by atoms with Crippen molar-refractivity contribution in [1.29, 1.82) is 0 Å². The van der Waals surface area contributed by atoms with Crippen molar-refractivity contribution in [2.75, 3.05) is 31.2 Å². The molecule has 17 heavy (non-hydrogen) atoms. The summed E-state index contributed by atoms with van der Waals surface area (Å²) in [5, 5.41) is 28.8. The summed E-state index contributed by atoms with van der Waals surface area (Å²) in [7, 11) is 0. The van der Waals surface area contributed by atoms with Gasteiger partial charge in [0.2, 0.25) is 0 Å². The van der Waals surface area contributed by atoms with Crippen LogP contribution in [0.5, 0.6) is 0 Å². The van der Waals surface area contributed by atoms with E-state index in [0.717, 1.165) is 5.56 Å². The van der Waals surface area contributed by atoms with Gasteiger partial charge in [-0.1, -0.05) is 6.07 Å². The van der Waals surface area contributed by atoms with Crippen molar-refractivity contribution in [1.82, 2.24) is 0 Å². The third kappa shape index (κ3) is 3.40. The Morgan fingerprint density at radius 3 is 2.35 bits per heavy atom. The maximum atomic E-state index is 10.9. The van der Waals surface area contributed by atoms with E-state index in [-0.39, 0.29) is 32.0 Å². The highest BCUT2D eigenvalue weighted by Crippen LogP contribution is 2.28. The average Bonchev–Trinajstić information content (AvgIpc) is 2.28. The minimum atomic E-state index is -0.462. The smallest absolute Gasteiger partial charge is 0.292 e. The van der Waals surface area contributed by atoms with Crippen LogP contribution in [0.25, 0.3) is 0 Å². The molecule has 0 aromatic heterocycles. The van der Waals surface area contributed by atoms with E-state index >= 15 is 0 Å². The van der Waals surface area contributed by atoms with E-state index in [1.54, 1.807) is 17.0 Å². The van der Waals surface area contributed by atoms with Crippen molar-refractivity contribution in [2.24, 2.45) is 0 Å². The van der Waals surface area contributed by atoms with Gasteiger partial charge in [-0.15, -0.1) is 0 Å². The Morgan fingerprint density at radius 2 is 1.88 bits per heavy atom. The second-order valence-corrected chi connectivity index (χ2v) is 3.68. The maximum Gasteiger partial charge on any atom is 0.292 e. The summed E-state index contributed by atoms with van der Waals surface area (Å²) < 4.78 is 0. The Hall–Kier alpha value is -1.66. The van der Waals surface area contributed by atoms with Crippen LogP contribution >= 0.6 is 0 Å². The lowest BCUT2D eigenvalue weighted by Crippen LogP contribution is -2.30. The van der Waals surface area contributed by atoms with Crippen molar-refractivity contribution in [2.45, 2.75) is 6.92 Å². The molecule has 0 unspecified atom stereocenters. The zero-order chi connectivity index (χ0) is 12.8. The molecule has 6 nitrogen and oxygen atoms in total. The van der Waals surface area contributed by atoms with Gasteiger partial charge in [-0.05, 0) is 18.6 Å². The molecule has 0 radical (unpaired) electrons. The maximum absolute atomic E-state index is 10.9. The normalized spacial score (nSPS) is 10.3. The molecule has 0 saturated carbocycles. The summed E-state index contributed by atoms with van der Waals surface area (Å²) in [5.74, 6) is 0. The van der Waals surface area contributed by atoms with E-state index in [1.807, 2.05) is 6.92 Å². The van der Waals surface area contributed by atoms with Crippen LogP contribution in [0, 0.1) is 17.0 Å². The number of aliphatic hydroxyl groups is 2. The summed E-state index contributed by atoms with van der Waals surface area (Å²) >= 11 is 0. The molecule has 0 aliphatic carbocycles. The fourth-order valence-corrected chi connectivity index (χ4v) is 1.64. The van der Waals surface area contributed by atoms with Crippen LogP contribution in [0.3, 0.4) is 0 Å². The summed E-state index contributed by atoms with van der Waals surface area (Å²) in [5.41, 5.74) is 1.31. The van der Waals surface area contributed by atoms with E-state index in [1.165, 1.54) is 6.07 Å². The van der Waals surface area contributed by atoms with Gasteiger partial charge in [0, 0.05) is 19.2 Å². The molecule has 0 heterocycles. The Labute approximate surface area is 99.3 Å². The topological polar surface area (TPSA) is 86.8 Å². The Bertz CT molecular complexity index is 389. The number of anilines is 1. The van der Waals surface area contributed by atoms with Crippen LogP contribution in [0.4, 0.5) is 11.4 Å². The van der Waals surface area contributed by atoms with E-state index in [0.29, 0.717) is 5.69 Å². The van der Waals surface area contributed by atoms with Crippen molar-refractivity contribution < 1.29 is 15.1 Å². The van der Waals surface area contributed by atoms with Crippen LogP contribution in [0.2, 0.25) is 0 Å². The van der Waals surface area contributed by atoms with Crippen molar-refractivity contribution in [3.05, 3.63) is 33.9 Å². The van der Waals surface area contributed by atoms with E-state index in [2.05, 4.69) is 0 Å². The molecule has 0 aliphatic rings. The molecule has 94 valence electrons. The van der Waals surface area contributed by atoms with Gasteiger partial charge >= 0.3 is 0 Å². The average molecular weight is 240 g/mol. The number of nitro benzene ring substituents is 1. The summed E-state index contributed by atoms with van der Waals surface area (Å²) in [6.45, 7) is 2.11. The number of aliphatic hydroxyl groups excluding tert-OH is 2. The van der Waals surface area contributed by atoms with Crippen molar-refractivity contribution in [3.8, 4) is 0 Å². The molecule has 6 heteroatoms. The van der Waals surface area contributed by atoms with Gasteiger partial charge < -0.3 is 15.1 Å². The van der Waals surface area contributed by atoms with Crippen molar-refractivity contribution in [3.63, 3.8) is 0 Å². The van der Waals surface area contributed by atoms with Gasteiger partial charge in [-0.25, -0.2) is 0 Å². The number of aryl methyl sites for hydroxylation is 1. The van der Waals surface area contributed by atoms with Gasteiger partial charge in [0.05, 0.1) is 18.1 Å². The first-order chi connectivity index (χ1) is 8.10. The highest BCUT2D eigenvalue weighted by molar-refractivity contribution is 5.64. The van der Waals surface area contributed by atoms with E-state index in [9.17, 15) is 10.1 Å². The molecule has 0 amide bonds. The highest BCUT2D eigenvalue weighted by Gasteiger charge is 2.18. The second kappa shape index (κ2) is 6.17. The first-order valence-electron chi connectivity index (χ1n) is 5.32. The number of benzene rings is 1. The van der Waals surface area contributed by atoms with E-state index in [4.69, 9.17) is 10.2 Å². The van der Waals surface area contributed by atoms with Gasteiger partial charge in [0.15, 0.2) is 0 Å². The lowest BCUT2D eigenvalue weighted by molar-refractivity contribution is -0.384. The molecular formula is C11H16N2O4. The Kier molecular flexibility index (Phi) is 4.86. The summed E-state index contributed by atoms with van der Waals surface area (Å²) in [6.07, 6.45) is 0. The van der Waals surface area contributed by atoms with E-state index < -0.39 is 4.92 Å². The molecule has 2 N–H and O–H groups in total. The van der Waals surface area contributed by atoms with Crippen LogP contribution in [-0.4, -0.2) is 41.4 Å². The number of nitrogens with zero attached hydrogens (tertiary/aromatic N) is 2. The monoisotopic (exact) mass is 240 g/mol. The Balaban J connectivity index is 3.14. The zero-order valence-corrected chi connectivity index (χ0v) is 9.67. The van der Waals surface area contributed by atoms with Crippen LogP contribution in [-0.2, 0) is 0 Å². The lowest BCUT2D eigenvalue weighted by Gasteiger charge is -2.22. The SMILES string of the molecule is Cc1ccc([N+](=O)[O-])c(N(CCO)CCO)c1. The number of nitro groups is 1. The largest absolute Gasteiger partial charge is 0.395 e. The quantitative estimate of drug-likeness (QED) is 0.564. The molecule has 0 fully saturated rings. The molecule has 1 aromatic rings. The van der Waals surface area contributed by atoms with Gasteiger partial charge in [-0.3, -0.25) is 10.1 Å². The van der Waals surface area contributed by atoms with Gasteiger partial charge in [0.25, 0.3) is 5.69 Å². The number of hydrogen-bond acceptors (Lipinski definition) is 5. The molecular weight excluding hydrogens is 224 g/mol. The predicted molar refractivity (Wildman–Crippen MR) is 64.2 cm³/mol. The molecule has 1 rings (SSSR count). The standard InChI is InChI=1S/C11H16N2O4/c1-9-2-3-10(13(16)17)11(8-9)12(4-6-14)5-7-15/h2-3,8,14-15H,4-7H2,1H3. The molecule has 0 spiro atoms. The van der Waals surface area contributed by atoms with Gasteiger partial charge in [0.1, 0.15) is 5.69 Å². The first kappa shape index (κ1) is 13.4. The fourth-order valence-electron chi connectivity index (χ4n) is 1.64. The fraction of sp³-hybridized carbons (Fsp3) is 0.455. The molecule has 0 saturated heterocycles. The highest BCUT2D eigenvalue weighted by atomic mass is 16.6. The minimum absolute atomic E-state index is 0.0162. The summed E-state index contributed by atoms with van der Waals surface area (Å²) in [4.78, 5) is 12.0.